The van der Waals surface area contributed by atoms with Gasteiger partial charge in [-0.05, 0) is 41.7 Å². The first kappa shape index (κ1) is 20.6. The second-order valence-electron chi connectivity index (χ2n) is 6.54. The Kier molecular flexibility index (Phi) is 7.41. The van der Waals surface area contributed by atoms with E-state index in [0.29, 0.717) is 13.0 Å². The predicted molar refractivity (Wildman–Crippen MR) is 108 cm³/mol. The molecule has 0 bridgehead atoms. The van der Waals surface area contributed by atoms with Gasteiger partial charge in [0, 0.05) is 23.2 Å². The number of benzene rings is 2. The number of hydrogen-bond acceptors (Lipinski definition) is 3. The Morgan fingerprint density at radius 2 is 1.73 bits per heavy atom. The lowest BCUT2D eigenvalue weighted by atomic mass is 9.96. The molecule has 2 aromatic carbocycles. The van der Waals surface area contributed by atoms with Crippen molar-refractivity contribution in [1.29, 1.82) is 0 Å². The van der Waals surface area contributed by atoms with Gasteiger partial charge in [-0.15, -0.1) is 0 Å². The highest BCUT2D eigenvalue weighted by molar-refractivity contribution is 9.10. The molecule has 0 aliphatic carbocycles. The first-order valence-corrected chi connectivity index (χ1v) is 11.4. The molecule has 0 aliphatic rings. The maximum absolute atomic E-state index is 12.5. The van der Waals surface area contributed by atoms with Crippen LogP contribution in [0, 0.1) is 5.92 Å². The molecular weight excluding hydrogens is 414 g/mol. The highest BCUT2D eigenvalue weighted by Gasteiger charge is 2.17. The van der Waals surface area contributed by atoms with E-state index in [1.807, 2.05) is 43.3 Å². The second kappa shape index (κ2) is 9.33. The number of carbonyl (C=O) groups is 1. The largest absolute Gasteiger partial charge is 0.352 e. The van der Waals surface area contributed by atoms with Gasteiger partial charge < -0.3 is 5.32 Å². The summed E-state index contributed by atoms with van der Waals surface area (Å²) >= 11 is 3.46. The fourth-order valence-corrected chi connectivity index (χ4v) is 4.01. The zero-order valence-corrected chi connectivity index (χ0v) is 17.4. The fourth-order valence-electron chi connectivity index (χ4n) is 2.76. The molecule has 4 nitrogen and oxygen atoms in total. The number of carbonyl (C=O) groups excluding carboxylic acids is 1. The van der Waals surface area contributed by atoms with E-state index in [-0.39, 0.29) is 17.6 Å². The van der Waals surface area contributed by atoms with Gasteiger partial charge in [-0.1, -0.05) is 59.3 Å². The molecule has 1 atom stereocenters. The molecule has 0 saturated heterocycles. The third-order valence-corrected chi connectivity index (χ3v) is 5.50. The summed E-state index contributed by atoms with van der Waals surface area (Å²) in [4.78, 5) is 12.5. The number of amides is 1. The molecular formula is C20H24BrNO3S. The molecule has 26 heavy (non-hydrogen) atoms. The van der Waals surface area contributed by atoms with E-state index in [9.17, 15) is 13.2 Å². The van der Waals surface area contributed by atoms with Crippen LogP contribution in [0.5, 0.6) is 0 Å². The summed E-state index contributed by atoms with van der Waals surface area (Å²) in [6.07, 6.45) is 2.69. The van der Waals surface area contributed by atoms with Crippen molar-refractivity contribution in [3.63, 3.8) is 0 Å². The van der Waals surface area contributed by atoms with Crippen LogP contribution in [-0.4, -0.2) is 20.6 Å². The highest BCUT2D eigenvalue weighted by Crippen LogP contribution is 2.17. The minimum atomic E-state index is -3.04. The van der Waals surface area contributed by atoms with Gasteiger partial charge in [-0.3, -0.25) is 4.79 Å². The zero-order chi connectivity index (χ0) is 19.2. The van der Waals surface area contributed by atoms with Crippen molar-refractivity contribution in [3.05, 3.63) is 69.7 Å². The van der Waals surface area contributed by atoms with Crippen molar-refractivity contribution >= 4 is 31.7 Å². The minimum absolute atomic E-state index is 0.0319. The number of hydrogen-bond donors (Lipinski definition) is 1. The Hall–Kier alpha value is -1.66. The minimum Gasteiger partial charge on any atom is -0.352 e. The van der Waals surface area contributed by atoms with Crippen LogP contribution in [0.2, 0.25) is 0 Å². The van der Waals surface area contributed by atoms with Crippen LogP contribution < -0.4 is 5.32 Å². The second-order valence-corrected chi connectivity index (χ2v) is 9.60. The quantitative estimate of drug-likeness (QED) is 0.681. The molecule has 140 valence electrons. The van der Waals surface area contributed by atoms with E-state index in [4.69, 9.17) is 0 Å². The summed E-state index contributed by atoms with van der Waals surface area (Å²) in [5.41, 5.74) is 2.84. The summed E-state index contributed by atoms with van der Waals surface area (Å²) in [5, 5.41) is 2.98. The molecule has 0 saturated carbocycles. The van der Waals surface area contributed by atoms with Crippen LogP contribution >= 0.6 is 15.9 Å². The van der Waals surface area contributed by atoms with Crippen molar-refractivity contribution in [2.75, 3.05) is 6.26 Å². The number of rotatable bonds is 8. The topological polar surface area (TPSA) is 63.2 Å². The molecule has 0 aliphatic heterocycles. The van der Waals surface area contributed by atoms with E-state index >= 15 is 0 Å². The van der Waals surface area contributed by atoms with Crippen LogP contribution in [0.15, 0.2) is 53.0 Å². The van der Waals surface area contributed by atoms with E-state index in [0.717, 1.165) is 27.6 Å². The predicted octanol–water partition coefficient (Wildman–Crippen LogP) is 3.88. The summed E-state index contributed by atoms with van der Waals surface area (Å²) in [5.74, 6) is -0.00835. The van der Waals surface area contributed by atoms with Crippen molar-refractivity contribution < 1.29 is 13.2 Å². The summed E-state index contributed by atoms with van der Waals surface area (Å²) in [7, 11) is -3.04. The van der Waals surface area contributed by atoms with E-state index in [1.54, 1.807) is 12.1 Å². The summed E-state index contributed by atoms with van der Waals surface area (Å²) in [6.45, 7) is 2.45. The van der Waals surface area contributed by atoms with Crippen LogP contribution in [-0.2, 0) is 33.4 Å². The van der Waals surface area contributed by atoms with Gasteiger partial charge in [-0.25, -0.2) is 8.42 Å². The van der Waals surface area contributed by atoms with Crippen molar-refractivity contribution in [2.24, 2.45) is 5.92 Å². The molecule has 1 amide bonds. The lowest BCUT2D eigenvalue weighted by Crippen LogP contribution is -2.31. The molecule has 0 fully saturated rings. The summed E-state index contributed by atoms with van der Waals surface area (Å²) < 4.78 is 23.7. The molecule has 6 heteroatoms. The highest BCUT2D eigenvalue weighted by atomic mass is 79.9. The van der Waals surface area contributed by atoms with Crippen molar-refractivity contribution in [2.45, 2.75) is 32.1 Å². The Morgan fingerprint density at radius 3 is 2.31 bits per heavy atom. The Labute approximate surface area is 164 Å². The Balaban J connectivity index is 1.91. The summed E-state index contributed by atoms with van der Waals surface area (Å²) in [6, 6.07) is 15.3. The van der Waals surface area contributed by atoms with Crippen LogP contribution in [0.3, 0.4) is 0 Å². The maximum Gasteiger partial charge on any atom is 0.223 e. The van der Waals surface area contributed by atoms with Gasteiger partial charge in [0.2, 0.25) is 5.91 Å². The molecule has 2 aromatic rings. The molecule has 1 unspecified atom stereocenters. The average molecular weight is 438 g/mol. The Bertz CT molecular complexity index is 848. The Morgan fingerprint density at radius 1 is 1.08 bits per heavy atom. The smallest absolute Gasteiger partial charge is 0.223 e. The first-order valence-electron chi connectivity index (χ1n) is 8.54. The van der Waals surface area contributed by atoms with Gasteiger partial charge in [0.15, 0.2) is 9.84 Å². The van der Waals surface area contributed by atoms with E-state index < -0.39 is 9.84 Å². The van der Waals surface area contributed by atoms with E-state index in [1.165, 1.54) is 6.26 Å². The van der Waals surface area contributed by atoms with E-state index in [2.05, 4.69) is 21.2 Å². The van der Waals surface area contributed by atoms with Crippen LogP contribution in [0.1, 0.15) is 30.0 Å². The fraction of sp³-hybridized carbons (Fsp3) is 0.350. The zero-order valence-electron chi connectivity index (χ0n) is 15.0. The van der Waals surface area contributed by atoms with Gasteiger partial charge in [0.05, 0.1) is 5.75 Å². The molecule has 0 aromatic heterocycles. The van der Waals surface area contributed by atoms with Crippen LogP contribution in [0.4, 0.5) is 0 Å². The lowest BCUT2D eigenvalue weighted by Gasteiger charge is -2.15. The molecule has 2 rings (SSSR count). The monoisotopic (exact) mass is 437 g/mol. The normalized spacial score (nSPS) is 12.6. The third kappa shape index (κ3) is 6.92. The molecule has 0 radical (unpaired) electrons. The van der Waals surface area contributed by atoms with Gasteiger partial charge in [0.1, 0.15) is 0 Å². The lowest BCUT2D eigenvalue weighted by molar-refractivity contribution is -0.125. The van der Waals surface area contributed by atoms with Gasteiger partial charge >= 0.3 is 0 Å². The number of sulfone groups is 1. The number of nitrogens with one attached hydrogen (secondary N) is 1. The van der Waals surface area contributed by atoms with Gasteiger partial charge in [-0.2, -0.15) is 0 Å². The first-order chi connectivity index (χ1) is 12.3. The standard InChI is InChI=1S/C20H24BrNO3S/c1-3-18(11-17-5-4-6-19(21)12-17)20(23)22-13-15-7-9-16(10-8-15)14-26(2,24)25/h4-10,12,18H,3,11,13-14H2,1-2H3,(H,22,23). The third-order valence-electron chi connectivity index (χ3n) is 4.15. The van der Waals surface area contributed by atoms with Gasteiger partial charge in [0.25, 0.3) is 0 Å². The average Bonchev–Trinajstić information content (AvgIpc) is 2.57. The van der Waals surface area contributed by atoms with Crippen LogP contribution in [0.25, 0.3) is 0 Å². The number of halogens is 1. The molecule has 0 spiro atoms. The maximum atomic E-state index is 12.5. The van der Waals surface area contributed by atoms with Crippen molar-refractivity contribution in [1.82, 2.24) is 5.32 Å². The molecule has 0 heterocycles. The molecule has 1 N–H and O–H groups in total. The van der Waals surface area contributed by atoms with Crippen molar-refractivity contribution in [3.8, 4) is 0 Å². The SMILES string of the molecule is CCC(Cc1cccc(Br)c1)C(=O)NCc1ccc(CS(C)(=O)=O)cc1.